The molecule has 1 aromatic rings. The SMILES string of the molecule is C[Si](C)(C)c1ccc(Cl)c(Br)c1N. The van der Waals surface area contributed by atoms with Gasteiger partial charge in [-0.25, -0.2) is 0 Å². The summed E-state index contributed by atoms with van der Waals surface area (Å²) < 4.78 is 0.828. The van der Waals surface area contributed by atoms with Crippen LogP contribution in [-0.4, -0.2) is 8.07 Å². The largest absolute Gasteiger partial charge is 0.398 e. The Balaban J connectivity index is 3.35. The van der Waals surface area contributed by atoms with Crippen molar-refractivity contribution in [3.8, 4) is 0 Å². The summed E-state index contributed by atoms with van der Waals surface area (Å²) >= 11 is 9.31. The Hall–Kier alpha value is 0.00688. The van der Waals surface area contributed by atoms with Gasteiger partial charge in [0.1, 0.15) is 0 Å². The number of nitrogen functional groups attached to an aromatic ring is 1. The number of benzene rings is 1. The monoisotopic (exact) mass is 277 g/mol. The first-order valence-corrected chi connectivity index (χ1v) is 8.75. The number of anilines is 1. The third kappa shape index (κ3) is 2.27. The van der Waals surface area contributed by atoms with Crippen molar-refractivity contribution in [2.45, 2.75) is 19.6 Å². The molecule has 1 aromatic carbocycles. The second kappa shape index (κ2) is 3.63. The molecule has 0 aromatic heterocycles. The molecule has 2 N–H and O–H groups in total. The van der Waals surface area contributed by atoms with Crippen molar-refractivity contribution in [3.63, 3.8) is 0 Å². The molecule has 0 bridgehead atoms. The summed E-state index contributed by atoms with van der Waals surface area (Å²) in [6, 6.07) is 3.93. The average Bonchev–Trinajstić information content (AvgIpc) is 1.98. The number of hydrogen-bond donors (Lipinski definition) is 1. The molecule has 0 saturated heterocycles. The lowest BCUT2D eigenvalue weighted by atomic mass is 10.3. The second-order valence-electron chi connectivity index (χ2n) is 4.07. The Kier molecular flexibility index (Phi) is 3.10. The topological polar surface area (TPSA) is 26.0 Å². The van der Waals surface area contributed by atoms with Crippen LogP contribution < -0.4 is 10.9 Å². The van der Waals surface area contributed by atoms with Crippen molar-refractivity contribution >= 4 is 46.5 Å². The summed E-state index contributed by atoms with van der Waals surface area (Å²) in [6.07, 6.45) is 0. The van der Waals surface area contributed by atoms with Crippen molar-refractivity contribution in [1.29, 1.82) is 0 Å². The Morgan fingerprint density at radius 2 is 1.85 bits per heavy atom. The third-order valence-electron chi connectivity index (χ3n) is 1.94. The molecule has 0 heterocycles. The predicted molar refractivity (Wildman–Crippen MR) is 66.5 cm³/mol. The highest BCUT2D eigenvalue weighted by Crippen LogP contribution is 2.28. The summed E-state index contributed by atoms with van der Waals surface area (Å²) in [5.74, 6) is 0. The Bertz CT molecular complexity index is 333. The van der Waals surface area contributed by atoms with E-state index in [0.717, 1.165) is 10.2 Å². The fourth-order valence-corrected chi connectivity index (χ4v) is 3.43. The number of rotatable bonds is 1. The van der Waals surface area contributed by atoms with Crippen molar-refractivity contribution in [2.24, 2.45) is 0 Å². The summed E-state index contributed by atoms with van der Waals surface area (Å²) in [5.41, 5.74) is 6.77. The van der Waals surface area contributed by atoms with E-state index in [-0.39, 0.29) is 0 Å². The van der Waals surface area contributed by atoms with Gasteiger partial charge < -0.3 is 5.73 Å². The average molecular weight is 279 g/mol. The molecular weight excluding hydrogens is 266 g/mol. The van der Waals surface area contributed by atoms with Crippen LogP contribution in [0.15, 0.2) is 16.6 Å². The van der Waals surface area contributed by atoms with Gasteiger partial charge in [-0.1, -0.05) is 37.3 Å². The quantitative estimate of drug-likeness (QED) is 0.619. The van der Waals surface area contributed by atoms with Gasteiger partial charge in [-0.15, -0.1) is 0 Å². The fourth-order valence-electron chi connectivity index (χ4n) is 1.22. The number of halogens is 2. The molecule has 0 spiro atoms. The fraction of sp³-hybridized carbons (Fsp3) is 0.333. The maximum absolute atomic E-state index is 5.97. The van der Waals surface area contributed by atoms with Crippen LogP contribution in [0, 0.1) is 0 Å². The second-order valence-corrected chi connectivity index (χ2v) is 10.3. The smallest absolute Gasteiger partial charge is 0.0803 e. The van der Waals surface area contributed by atoms with E-state index in [4.69, 9.17) is 17.3 Å². The lowest BCUT2D eigenvalue weighted by Crippen LogP contribution is -2.39. The van der Waals surface area contributed by atoms with Gasteiger partial charge in [0.25, 0.3) is 0 Å². The van der Waals surface area contributed by atoms with Gasteiger partial charge in [-0.2, -0.15) is 0 Å². The van der Waals surface area contributed by atoms with Crippen LogP contribution in [-0.2, 0) is 0 Å². The van der Waals surface area contributed by atoms with Gasteiger partial charge in [-0.3, -0.25) is 0 Å². The molecule has 13 heavy (non-hydrogen) atoms. The molecule has 0 aliphatic heterocycles. The summed E-state index contributed by atoms with van der Waals surface area (Å²) in [5, 5.41) is 1.93. The lowest BCUT2D eigenvalue weighted by molar-refractivity contribution is 1.62. The zero-order valence-corrected chi connectivity index (χ0v) is 11.3. The van der Waals surface area contributed by atoms with E-state index < -0.39 is 8.07 Å². The van der Waals surface area contributed by atoms with Gasteiger partial charge >= 0.3 is 0 Å². The van der Waals surface area contributed by atoms with Crippen molar-refractivity contribution < 1.29 is 0 Å². The van der Waals surface area contributed by atoms with E-state index in [1.54, 1.807) is 0 Å². The standard InChI is InChI=1S/C9H13BrClNSi/c1-13(2,3)7-5-4-6(11)8(10)9(7)12/h4-5H,12H2,1-3H3. The molecule has 1 rings (SSSR count). The number of hydrogen-bond acceptors (Lipinski definition) is 1. The van der Waals surface area contributed by atoms with Crippen LogP contribution in [0.2, 0.25) is 24.7 Å². The molecule has 1 nitrogen and oxygen atoms in total. The van der Waals surface area contributed by atoms with E-state index in [1.807, 2.05) is 12.1 Å². The predicted octanol–water partition coefficient (Wildman–Crippen LogP) is 3.23. The van der Waals surface area contributed by atoms with Crippen LogP contribution in [0.5, 0.6) is 0 Å². The first-order chi connectivity index (χ1) is 5.84. The lowest BCUT2D eigenvalue weighted by Gasteiger charge is -2.20. The van der Waals surface area contributed by atoms with Crippen molar-refractivity contribution in [1.82, 2.24) is 0 Å². The van der Waals surface area contributed by atoms with Crippen LogP contribution in [0.4, 0.5) is 5.69 Å². The first-order valence-electron chi connectivity index (χ1n) is 4.08. The van der Waals surface area contributed by atoms with E-state index >= 15 is 0 Å². The molecule has 0 radical (unpaired) electrons. The molecule has 0 fully saturated rings. The maximum Gasteiger partial charge on any atom is 0.0803 e. The molecule has 0 saturated carbocycles. The zero-order valence-electron chi connectivity index (χ0n) is 7.99. The minimum atomic E-state index is -1.35. The van der Waals surface area contributed by atoms with Gasteiger partial charge in [0.2, 0.25) is 0 Å². The third-order valence-corrected chi connectivity index (χ3v) is 5.39. The van der Waals surface area contributed by atoms with Crippen molar-refractivity contribution in [3.05, 3.63) is 21.6 Å². The molecule has 0 aliphatic rings. The van der Waals surface area contributed by atoms with Crippen molar-refractivity contribution in [2.75, 3.05) is 5.73 Å². The molecule has 0 amide bonds. The molecule has 72 valence electrons. The molecular formula is C9H13BrClNSi. The van der Waals surface area contributed by atoms with Gasteiger partial charge in [-0.05, 0) is 27.2 Å². The van der Waals surface area contributed by atoms with Gasteiger partial charge in [0.05, 0.1) is 17.6 Å². The van der Waals surface area contributed by atoms with E-state index in [2.05, 4.69) is 35.6 Å². The van der Waals surface area contributed by atoms with E-state index in [0.29, 0.717) is 5.02 Å². The Morgan fingerprint density at radius 3 is 2.31 bits per heavy atom. The first kappa shape index (κ1) is 11.1. The van der Waals surface area contributed by atoms with Gasteiger partial charge in [0, 0.05) is 5.69 Å². The molecule has 0 aliphatic carbocycles. The molecule has 4 heteroatoms. The minimum absolute atomic E-state index is 0.680. The summed E-state index contributed by atoms with van der Waals surface area (Å²) in [6.45, 7) is 6.79. The maximum atomic E-state index is 5.97. The zero-order chi connectivity index (χ0) is 10.2. The van der Waals surface area contributed by atoms with Crippen LogP contribution in [0.1, 0.15) is 0 Å². The Morgan fingerprint density at radius 1 is 1.31 bits per heavy atom. The van der Waals surface area contributed by atoms with E-state index in [9.17, 15) is 0 Å². The summed E-state index contributed by atoms with van der Waals surface area (Å²) in [7, 11) is -1.35. The highest BCUT2D eigenvalue weighted by Gasteiger charge is 2.21. The molecule has 0 atom stereocenters. The normalized spacial score (nSPS) is 11.8. The number of nitrogens with two attached hydrogens (primary N) is 1. The van der Waals surface area contributed by atoms with Crippen LogP contribution in [0.25, 0.3) is 0 Å². The van der Waals surface area contributed by atoms with E-state index in [1.165, 1.54) is 5.19 Å². The highest BCUT2D eigenvalue weighted by molar-refractivity contribution is 9.10. The summed E-state index contributed by atoms with van der Waals surface area (Å²) in [4.78, 5) is 0. The highest BCUT2D eigenvalue weighted by atomic mass is 79.9. The minimum Gasteiger partial charge on any atom is -0.398 e. The Labute approximate surface area is 93.4 Å². The van der Waals surface area contributed by atoms with Crippen LogP contribution >= 0.6 is 27.5 Å². The molecule has 0 unspecified atom stereocenters. The van der Waals surface area contributed by atoms with Crippen LogP contribution in [0.3, 0.4) is 0 Å². The van der Waals surface area contributed by atoms with Gasteiger partial charge in [0.15, 0.2) is 0 Å².